The van der Waals surface area contributed by atoms with E-state index in [0.717, 1.165) is 43.6 Å². The van der Waals surface area contributed by atoms with E-state index in [2.05, 4.69) is 29.2 Å². The minimum Gasteiger partial charge on any atom is -0.453 e. The monoisotopic (exact) mass is 479 g/mol. The quantitative estimate of drug-likeness (QED) is 0.273. The lowest BCUT2D eigenvalue weighted by Gasteiger charge is -2.34. The zero-order valence-electron chi connectivity index (χ0n) is 19.3. The van der Waals surface area contributed by atoms with E-state index in [4.69, 9.17) is 4.74 Å². The van der Waals surface area contributed by atoms with Crippen LogP contribution in [0.4, 0.5) is 13.2 Å². The molecule has 0 N–H and O–H groups in total. The van der Waals surface area contributed by atoms with E-state index in [1.54, 1.807) is 0 Å². The van der Waals surface area contributed by atoms with Gasteiger partial charge in [0, 0.05) is 12.6 Å². The van der Waals surface area contributed by atoms with Gasteiger partial charge in [-0.05, 0) is 66.7 Å². The molecule has 3 aromatic carbocycles. The van der Waals surface area contributed by atoms with Crippen LogP contribution in [0.25, 0.3) is 6.08 Å². The maximum absolute atomic E-state index is 12.7. The number of halogens is 3. The molecule has 0 radical (unpaired) electrons. The Balaban J connectivity index is 1.37. The van der Waals surface area contributed by atoms with Crippen LogP contribution >= 0.6 is 0 Å². The van der Waals surface area contributed by atoms with Crippen molar-refractivity contribution in [2.75, 3.05) is 19.6 Å². The highest BCUT2D eigenvalue weighted by molar-refractivity contribution is 5.87. The van der Waals surface area contributed by atoms with Crippen molar-refractivity contribution in [1.82, 2.24) is 4.90 Å². The first kappa shape index (κ1) is 24.7. The average Bonchev–Trinajstić information content (AvgIpc) is 2.88. The van der Waals surface area contributed by atoms with E-state index in [-0.39, 0.29) is 0 Å². The molecular weight excluding hydrogens is 451 g/mol. The average molecular weight is 480 g/mol. The van der Waals surface area contributed by atoms with Crippen molar-refractivity contribution >= 4 is 12.0 Å². The van der Waals surface area contributed by atoms with Crippen molar-refractivity contribution in [1.29, 1.82) is 0 Å². The standard InChI is InChI=1S/C29H28F3NO2/c30-29(31,32)26-14-11-22(12-15-26)13-16-28(34)35-27(25-9-5-2-6-10-25)21-33-19-17-24(18-20-33)23-7-3-1-4-8-23/h1-16,24,27H,17-21H2/b16-13+. The molecule has 1 fully saturated rings. The molecule has 1 aliphatic heterocycles. The summed E-state index contributed by atoms with van der Waals surface area (Å²) in [6, 6.07) is 24.8. The zero-order chi connectivity index (χ0) is 24.7. The van der Waals surface area contributed by atoms with Gasteiger partial charge in [0.1, 0.15) is 6.10 Å². The summed E-state index contributed by atoms with van der Waals surface area (Å²) in [5, 5.41) is 0. The summed E-state index contributed by atoms with van der Waals surface area (Å²) in [7, 11) is 0. The van der Waals surface area contributed by atoms with Gasteiger partial charge in [-0.1, -0.05) is 72.8 Å². The molecule has 1 aliphatic rings. The third-order valence-electron chi connectivity index (χ3n) is 6.36. The number of piperidine rings is 1. The number of ether oxygens (including phenoxy) is 1. The summed E-state index contributed by atoms with van der Waals surface area (Å²) in [5.74, 6) is 0.00904. The Morgan fingerprint density at radius 2 is 1.51 bits per heavy atom. The van der Waals surface area contributed by atoms with E-state index in [1.165, 1.54) is 29.8 Å². The Hall–Kier alpha value is -3.38. The molecule has 182 valence electrons. The van der Waals surface area contributed by atoms with Gasteiger partial charge in [-0.3, -0.25) is 4.90 Å². The lowest BCUT2D eigenvalue weighted by molar-refractivity contribution is -0.144. The van der Waals surface area contributed by atoms with Crippen molar-refractivity contribution in [3.63, 3.8) is 0 Å². The first-order valence-corrected chi connectivity index (χ1v) is 11.8. The number of carbonyl (C=O) groups excluding carboxylic acids is 1. The van der Waals surface area contributed by atoms with Crippen LogP contribution in [-0.4, -0.2) is 30.5 Å². The maximum Gasteiger partial charge on any atom is 0.416 e. The van der Waals surface area contributed by atoms with Crippen LogP contribution in [0.3, 0.4) is 0 Å². The number of likely N-dealkylation sites (tertiary alicyclic amines) is 1. The molecule has 0 amide bonds. The van der Waals surface area contributed by atoms with E-state index < -0.39 is 23.8 Å². The maximum atomic E-state index is 12.7. The summed E-state index contributed by atoms with van der Waals surface area (Å²) in [4.78, 5) is 14.9. The predicted octanol–water partition coefficient (Wildman–Crippen LogP) is 6.88. The lowest BCUT2D eigenvalue weighted by atomic mass is 9.89. The minimum atomic E-state index is -4.39. The number of rotatable bonds is 7. The molecule has 0 saturated carbocycles. The Labute approximate surface area is 203 Å². The van der Waals surface area contributed by atoms with Gasteiger partial charge in [0.25, 0.3) is 0 Å². The van der Waals surface area contributed by atoms with Gasteiger partial charge >= 0.3 is 12.1 Å². The van der Waals surface area contributed by atoms with Crippen LogP contribution in [0.2, 0.25) is 0 Å². The largest absolute Gasteiger partial charge is 0.453 e. The molecule has 35 heavy (non-hydrogen) atoms. The molecule has 0 aliphatic carbocycles. The molecule has 0 spiro atoms. The molecule has 0 aromatic heterocycles. The summed E-state index contributed by atoms with van der Waals surface area (Å²) < 4.78 is 44.0. The van der Waals surface area contributed by atoms with E-state index in [1.807, 2.05) is 36.4 Å². The summed E-state index contributed by atoms with van der Waals surface area (Å²) in [6.45, 7) is 2.43. The first-order valence-electron chi connectivity index (χ1n) is 11.8. The van der Waals surface area contributed by atoms with Crippen molar-refractivity contribution in [2.45, 2.75) is 31.0 Å². The molecular formula is C29H28F3NO2. The second-order valence-corrected chi connectivity index (χ2v) is 8.77. The number of benzene rings is 3. The number of esters is 1. The molecule has 1 heterocycles. The van der Waals surface area contributed by atoms with Gasteiger partial charge < -0.3 is 4.74 Å². The normalized spacial score (nSPS) is 16.3. The van der Waals surface area contributed by atoms with Gasteiger partial charge in [-0.15, -0.1) is 0 Å². The second kappa shape index (κ2) is 11.4. The van der Waals surface area contributed by atoms with E-state index in [9.17, 15) is 18.0 Å². The van der Waals surface area contributed by atoms with Crippen molar-refractivity contribution < 1.29 is 22.7 Å². The highest BCUT2D eigenvalue weighted by Gasteiger charge is 2.30. The summed E-state index contributed by atoms with van der Waals surface area (Å²) in [6.07, 6.45) is 0.00487. The van der Waals surface area contributed by atoms with Crippen molar-refractivity contribution in [2.24, 2.45) is 0 Å². The molecule has 3 aromatic rings. The van der Waals surface area contributed by atoms with Crippen LogP contribution in [0.5, 0.6) is 0 Å². The Kier molecular flexibility index (Phi) is 8.03. The van der Waals surface area contributed by atoms with Crippen LogP contribution < -0.4 is 0 Å². The number of nitrogens with zero attached hydrogens (tertiary/aromatic N) is 1. The molecule has 4 rings (SSSR count). The third kappa shape index (κ3) is 7.06. The minimum absolute atomic E-state index is 0.436. The van der Waals surface area contributed by atoms with E-state index >= 15 is 0 Å². The highest BCUT2D eigenvalue weighted by Crippen LogP contribution is 2.30. The van der Waals surface area contributed by atoms with Gasteiger partial charge in [0.05, 0.1) is 5.56 Å². The van der Waals surface area contributed by atoms with E-state index in [0.29, 0.717) is 18.0 Å². The number of alkyl halides is 3. The van der Waals surface area contributed by atoms with Crippen molar-refractivity contribution in [3.8, 4) is 0 Å². The van der Waals surface area contributed by atoms with Gasteiger partial charge in [0.2, 0.25) is 0 Å². The molecule has 1 unspecified atom stereocenters. The zero-order valence-corrected chi connectivity index (χ0v) is 19.3. The number of carbonyl (C=O) groups is 1. The van der Waals surface area contributed by atoms with Gasteiger partial charge in [-0.2, -0.15) is 13.2 Å². The fourth-order valence-electron chi connectivity index (χ4n) is 4.41. The molecule has 3 nitrogen and oxygen atoms in total. The summed E-state index contributed by atoms with van der Waals surface area (Å²) >= 11 is 0. The number of hydrogen-bond acceptors (Lipinski definition) is 3. The fourth-order valence-corrected chi connectivity index (χ4v) is 4.41. The highest BCUT2D eigenvalue weighted by atomic mass is 19.4. The Morgan fingerprint density at radius 3 is 2.11 bits per heavy atom. The fraction of sp³-hybridized carbons (Fsp3) is 0.276. The summed E-state index contributed by atoms with van der Waals surface area (Å²) in [5.41, 5.74) is 2.05. The van der Waals surface area contributed by atoms with Gasteiger partial charge in [0.15, 0.2) is 0 Å². The first-order chi connectivity index (χ1) is 16.9. The third-order valence-corrected chi connectivity index (χ3v) is 6.36. The molecule has 1 atom stereocenters. The molecule has 6 heteroatoms. The Morgan fingerprint density at radius 1 is 0.914 bits per heavy atom. The SMILES string of the molecule is O=C(/C=C/c1ccc(C(F)(F)F)cc1)OC(CN1CCC(c2ccccc2)CC1)c1ccccc1. The molecule has 0 bridgehead atoms. The van der Waals surface area contributed by atoms with Crippen LogP contribution in [0.15, 0.2) is 91.0 Å². The van der Waals surface area contributed by atoms with Crippen LogP contribution in [0.1, 0.15) is 47.1 Å². The molecule has 1 saturated heterocycles. The van der Waals surface area contributed by atoms with Crippen molar-refractivity contribution in [3.05, 3.63) is 113 Å². The number of hydrogen-bond donors (Lipinski definition) is 0. The second-order valence-electron chi connectivity index (χ2n) is 8.77. The van der Waals surface area contributed by atoms with Crippen LogP contribution in [0, 0.1) is 0 Å². The topological polar surface area (TPSA) is 29.5 Å². The van der Waals surface area contributed by atoms with Gasteiger partial charge in [-0.25, -0.2) is 4.79 Å². The predicted molar refractivity (Wildman–Crippen MR) is 131 cm³/mol. The smallest absolute Gasteiger partial charge is 0.416 e. The van der Waals surface area contributed by atoms with Crippen LogP contribution in [-0.2, 0) is 15.7 Å². The Bertz CT molecular complexity index is 1100. The lowest BCUT2D eigenvalue weighted by Crippen LogP contribution is -2.37.